The highest BCUT2D eigenvalue weighted by molar-refractivity contribution is 5.85. The third kappa shape index (κ3) is 5.77. The number of piperidine rings is 1. The highest BCUT2D eigenvalue weighted by Gasteiger charge is 2.26. The maximum atomic E-state index is 12.2. The molecule has 1 aromatic carbocycles. The molecule has 2 heterocycles. The molecule has 2 aliphatic rings. The van der Waals surface area contributed by atoms with E-state index < -0.39 is 0 Å². The maximum Gasteiger partial charge on any atom is 0.224 e. The summed E-state index contributed by atoms with van der Waals surface area (Å²) in [6.45, 7) is 10.6. The van der Waals surface area contributed by atoms with Crippen molar-refractivity contribution >= 4 is 36.4 Å². The first-order chi connectivity index (χ1) is 11.4. The first kappa shape index (κ1) is 23.1. The van der Waals surface area contributed by atoms with Crippen LogP contribution in [0.15, 0.2) is 24.3 Å². The van der Waals surface area contributed by atoms with Gasteiger partial charge in [-0.05, 0) is 48.9 Å². The summed E-state index contributed by atoms with van der Waals surface area (Å²) in [6, 6.07) is 9.31. The molecule has 4 nitrogen and oxygen atoms in total. The average Bonchev–Trinajstić information content (AvgIpc) is 3.09. The second-order valence-electron chi connectivity index (χ2n) is 8.26. The highest BCUT2D eigenvalue weighted by Crippen LogP contribution is 2.26. The van der Waals surface area contributed by atoms with E-state index in [2.05, 4.69) is 60.6 Å². The fourth-order valence-corrected chi connectivity index (χ4v) is 3.65. The third-order valence-corrected chi connectivity index (χ3v) is 5.37. The van der Waals surface area contributed by atoms with Crippen LogP contribution in [0.5, 0.6) is 0 Å². The summed E-state index contributed by atoms with van der Waals surface area (Å²) in [5.74, 6) is 0.418. The van der Waals surface area contributed by atoms with Gasteiger partial charge in [-0.25, -0.2) is 0 Å². The van der Waals surface area contributed by atoms with E-state index in [0.717, 1.165) is 45.4 Å². The topological polar surface area (TPSA) is 44.4 Å². The fourth-order valence-electron chi connectivity index (χ4n) is 3.65. The predicted octanol–water partition coefficient (Wildman–Crippen LogP) is 3.52. The van der Waals surface area contributed by atoms with E-state index in [1.165, 1.54) is 11.3 Å². The summed E-state index contributed by atoms with van der Waals surface area (Å²) < 4.78 is 0. The quantitative estimate of drug-likeness (QED) is 0.813. The molecule has 2 N–H and O–H groups in total. The van der Waals surface area contributed by atoms with Gasteiger partial charge in [0.05, 0.1) is 5.92 Å². The van der Waals surface area contributed by atoms with Crippen molar-refractivity contribution in [1.82, 2.24) is 10.6 Å². The van der Waals surface area contributed by atoms with E-state index in [4.69, 9.17) is 0 Å². The van der Waals surface area contributed by atoms with Gasteiger partial charge in [-0.1, -0.05) is 32.9 Å². The van der Waals surface area contributed by atoms with Gasteiger partial charge in [-0.2, -0.15) is 0 Å². The molecular weight excluding hydrogens is 369 g/mol. The van der Waals surface area contributed by atoms with Crippen LogP contribution >= 0.6 is 24.8 Å². The van der Waals surface area contributed by atoms with Crippen LogP contribution in [0.1, 0.15) is 45.6 Å². The third-order valence-electron chi connectivity index (χ3n) is 5.37. The first-order valence-corrected chi connectivity index (χ1v) is 9.30. The molecule has 2 saturated heterocycles. The predicted molar refractivity (Wildman–Crippen MR) is 114 cm³/mol. The number of rotatable bonds is 3. The Hall–Kier alpha value is -0.970. The van der Waals surface area contributed by atoms with Gasteiger partial charge in [0.1, 0.15) is 0 Å². The molecule has 148 valence electrons. The van der Waals surface area contributed by atoms with Crippen LogP contribution < -0.4 is 15.5 Å². The number of amides is 1. The van der Waals surface area contributed by atoms with Gasteiger partial charge < -0.3 is 15.5 Å². The number of nitrogens with one attached hydrogen (secondary N) is 2. The SMILES string of the molecule is CC(C)(C)c1ccc(N2CCC(NC(=O)C3CCNC3)CC2)cc1.Cl.Cl. The smallest absolute Gasteiger partial charge is 0.224 e. The Bertz CT molecular complexity index is 557. The summed E-state index contributed by atoms with van der Waals surface area (Å²) in [5.41, 5.74) is 2.87. The first-order valence-electron chi connectivity index (χ1n) is 9.30. The second kappa shape index (κ2) is 9.82. The number of hydrogen-bond acceptors (Lipinski definition) is 3. The zero-order valence-corrected chi connectivity index (χ0v) is 17.7. The maximum absolute atomic E-state index is 12.2. The van der Waals surface area contributed by atoms with Gasteiger partial charge in [-0.15, -0.1) is 24.8 Å². The summed E-state index contributed by atoms with van der Waals surface area (Å²) in [6.07, 6.45) is 3.05. The van der Waals surface area contributed by atoms with Gasteiger partial charge in [-0.3, -0.25) is 4.79 Å². The minimum absolute atomic E-state index is 0. The van der Waals surface area contributed by atoms with Crippen LogP contribution in [0, 0.1) is 5.92 Å². The second-order valence-corrected chi connectivity index (χ2v) is 8.26. The zero-order valence-electron chi connectivity index (χ0n) is 16.1. The van der Waals surface area contributed by atoms with Gasteiger partial charge in [0.25, 0.3) is 0 Å². The van der Waals surface area contributed by atoms with Crippen LogP contribution in [0.25, 0.3) is 0 Å². The molecule has 0 saturated carbocycles. The van der Waals surface area contributed by atoms with Crippen LogP contribution in [-0.4, -0.2) is 38.1 Å². The summed E-state index contributed by atoms with van der Waals surface area (Å²) in [7, 11) is 0. The van der Waals surface area contributed by atoms with Crippen molar-refractivity contribution in [2.24, 2.45) is 5.92 Å². The molecule has 2 aliphatic heterocycles. The molecule has 26 heavy (non-hydrogen) atoms. The molecule has 1 unspecified atom stereocenters. The number of halogens is 2. The van der Waals surface area contributed by atoms with Crippen molar-refractivity contribution < 1.29 is 4.79 Å². The van der Waals surface area contributed by atoms with Crippen LogP contribution in [0.2, 0.25) is 0 Å². The number of carbonyl (C=O) groups excluding carboxylic acids is 1. The Labute approximate surface area is 170 Å². The van der Waals surface area contributed by atoms with E-state index in [-0.39, 0.29) is 42.1 Å². The number of benzene rings is 1. The van der Waals surface area contributed by atoms with E-state index >= 15 is 0 Å². The average molecular weight is 402 g/mol. The standard InChI is InChI=1S/C20H31N3O.2ClH/c1-20(2,3)16-4-6-18(7-5-16)23-12-9-17(10-13-23)22-19(24)15-8-11-21-14-15;;/h4-7,15,17,21H,8-14H2,1-3H3,(H,22,24);2*1H. The number of carbonyl (C=O) groups is 1. The van der Waals surface area contributed by atoms with Crippen LogP contribution in [0.4, 0.5) is 5.69 Å². The van der Waals surface area contributed by atoms with Gasteiger partial charge in [0, 0.05) is 31.4 Å². The van der Waals surface area contributed by atoms with Crippen LogP contribution in [-0.2, 0) is 10.2 Å². The van der Waals surface area contributed by atoms with E-state index in [1.807, 2.05) is 0 Å². The number of hydrogen-bond donors (Lipinski definition) is 2. The lowest BCUT2D eigenvalue weighted by Crippen LogP contribution is -2.46. The number of nitrogens with zero attached hydrogens (tertiary/aromatic N) is 1. The largest absolute Gasteiger partial charge is 0.371 e. The van der Waals surface area contributed by atoms with Gasteiger partial charge in [0.15, 0.2) is 0 Å². The molecule has 6 heteroatoms. The summed E-state index contributed by atoms with van der Waals surface area (Å²) >= 11 is 0. The molecule has 1 amide bonds. The highest BCUT2D eigenvalue weighted by atomic mass is 35.5. The van der Waals surface area contributed by atoms with Gasteiger partial charge >= 0.3 is 0 Å². The molecule has 1 atom stereocenters. The van der Waals surface area contributed by atoms with E-state index in [0.29, 0.717) is 6.04 Å². The van der Waals surface area contributed by atoms with Crippen molar-refractivity contribution in [3.8, 4) is 0 Å². The fraction of sp³-hybridized carbons (Fsp3) is 0.650. The van der Waals surface area contributed by atoms with Crippen molar-refractivity contribution in [1.29, 1.82) is 0 Å². The molecule has 0 spiro atoms. The lowest BCUT2D eigenvalue weighted by molar-refractivity contribution is -0.125. The van der Waals surface area contributed by atoms with Crippen molar-refractivity contribution in [2.45, 2.75) is 51.5 Å². The number of anilines is 1. The molecule has 3 rings (SSSR count). The Morgan fingerprint density at radius 1 is 1.08 bits per heavy atom. The minimum Gasteiger partial charge on any atom is -0.371 e. The Morgan fingerprint density at radius 2 is 1.69 bits per heavy atom. The van der Waals surface area contributed by atoms with Crippen molar-refractivity contribution in [3.63, 3.8) is 0 Å². The molecule has 1 aromatic rings. The van der Waals surface area contributed by atoms with Crippen LogP contribution in [0.3, 0.4) is 0 Å². The van der Waals surface area contributed by atoms with E-state index in [1.54, 1.807) is 0 Å². The summed E-state index contributed by atoms with van der Waals surface area (Å²) in [4.78, 5) is 14.7. The lowest BCUT2D eigenvalue weighted by Gasteiger charge is -2.34. The molecular formula is C20H33Cl2N3O. The lowest BCUT2D eigenvalue weighted by atomic mass is 9.87. The minimum atomic E-state index is 0. The molecule has 2 fully saturated rings. The molecule has 0 aliphatic carbocycles. The monoisotopic (exact) mass is 401 g/mol. The molecule has 0 aromatic heterocycles. The molecule has 0 radical (unpaired) electrons. The Kier molecular flexibility index (Phi) is 8.71. The van der Waals surface area contributed by atoms with Gasteiger partial charge in [0.2, 0.25) is 5.91 Å². The van der Waals surface area contributed by atoms with E-state index in [9.17, 15) is 4.79 Å². The zero-order chi connectivity index (χ0) is 17.2. The van der Waals surface area contributed by atoms with Crippen molar-refractivity contribution in [2.75, 3.05) is 31.1 Å². The normalized spacial score (nSPS) is 20.9. The summed E-state index contributed by atoms with van der Waals surface area (Å²) in [5, 5.41) is 6.52. The Balaban J connectivity index is 0.00000169. The molecule has 0 bridgehead atoms. The Morgan fingerprint density at radius 3 is 2.19 bits per heavy atom. The van der Waals surface area contributed by atoms with Crippen molar-refractivity contribution in [3.05, 3.63) is 29.8 Å².